The Morgan fingerprint density at radius 2 is 1.73 bits per heavy atom. The van der Waals surface area contributed by atoms with Gasteiger partial charge in [0.15, 0.2) is 0 Å². The maximum absolute atomic E-state index is 15.4. The van der Waals surface area contributed by atoms with Gasteiger partial charge in [-0.1, -0.05) is 18.2 Å². The first kappa shape index (κ1) is 30.4. The van der Waals surface area contributed by atoms with Gasteiger partial charge in [0, 0.05) is 31.7 Å². The smallest absolute Gasteiger partial charge is 0.478 e. The van der Waals surface area contributed by atoms with Crippen LogP contribution in [0.25, 0.3) is 22.3 Å². The van der Waals surface area contributed by atoms with E-state index >= 15 is 8.78 Å². The summed E-state index contributed by atoms with van der Waals surface area (Å²) in [6.45, 7) is 0.555. The van der Waals surface area contributed by atoms with E-state index in [0.717, 1.165) is 24.3 Å². The van der Waals surface area contributed by atoms with Crippen molar-refractivity contribution in [3.8, 4) is 22.9 Å². The van der Waals surface area contributed by atoms with E-state index in [1.165, 1.54) is 43.5 Å². The van der Waals surface area contributed by atoms with Crippen molar-refractivity contribution in [2.24, 2.45) is 0 Å². The highest BCUT2D eigenvalue weighted by Crippen LogP contribution is 2.29. The van der Waals surface area contributed by atoms with Crippen LogP contribution in [0.2, 0.25) is 0 Å². The summed E-state index contributed by atoms with van der Waals surface area (Å²) in [5.41, 5.74) is 1.66. The zero-order valence-electron chi connectivity index (χ0n) is 23.1. The number of halogens is 5. The monoisotopic (exact) mass is 613 g/mol. The van der Waals surface area contributed by atoms with Gasteiger partial charge in [-0.2, -0.15) is 0 Å². The van der Waals surface area contributed by atoms with Crippen molar-refractivity contribution in [1.29, 1.82) is 0 Å². The van der Waals surface area contributed by atoms with Gasteiger partial charge in [0.05, 0.1) is 28.9 Å². The molecule has 0 aliphatic heterocycles. The van der Waals surface area contributed by atoms with Gasteiger partial charge in [0.25, 0.3) is 0 Å². The van der Waals surface area contributed by atoms with Crippen LogP contribution in [0.15, 0.2) is 72.8 Å². The molecule has 0 spiro atoms. The van der Waals surface area contributed by atoms with Crippen LogP contribution in [0, 0.1) is 11.6 Å². The Balaban J connectivity index is 1.35. The molecule has 0 saturated carbocycles. The number of aromatic nitrogens is 3. The number of hydrogen-bond acceptors (Lipinski definition) is 6. The average molecular weight is 614 g/mol. The van der Waals surface area contributed by atoms with Crippen molar-refractivity contribution in [2.45, 2.75) is 25.9 Å². The van der Waals surface area contributed by atoms with Gasteiger partial charge in [0.1, 0.15) is 29.8 Å². The molecule has 0 unspecified atom stereocenters. The number of methoxy groups -OCH3 is 1. The molecule has 44 heavy (non-hydrogen) atoms. The highest BCUT2D eigenvalue weighted by Gasteiger charge is 2.31. The van der Waals surface area contributed by atoms with Crippen LogP contribution in [0.4, 0.5) is 22.0 Å². The predicted octanol–water partition coefficient (Wildman–Crippen LogP) is 6.79. The maximum Gasteiger partial charge on any atom is 0.573 e. The van der Waals surface area contributed by atoms with Gasteiger partial charge >= 0.3 is 12.3 Å². The van der Waals surface area contributed by atoms with Crippen molar-refractivity contribution in [1.82, 2.24) is 14.5 Å². The molecule has 0 aliphatic carbocycles. The van der Waals surface area contributed by atoms with E-state index in [9.17, 15) is 23.1 Å². The first-order valence-corrected chi connectivity index (χ1v) is 13.1. The molecule has 0 radical (unpaired) electrons. The van der Waals surface area contributed by atoms with E-state index in [-0.39, 0.29) is 53.6 Å². The Morgan fingerprint density at radius 1 is 0.955 bits per heavy atom. The fourth-order valence-corrected chi connectivity index (χ4v) is 4.55. The predicted molar refractivity (Wildman–Crippen MR) is 148 cm³/mol. The van der Waals surface area contributed by atoms with Gasteiger partial charge < -0.3 is 23.9 Å². The highest BCUT2D eigenvalue weighted by atomic mass is 19.4. The molecule has 0 atom stereocenters. The van der Waals surface area contributed by atoms with Crippen LogP contribution in [0.3, 0.4) is 0 Å². The molecule has 8 nitrogen and oxygen atoms in total. The van der Waals surface area contributed by atoms with Crippen LogP contribution in [-0.2, 0) is 24.3 Å². The SMILES string of the molecule is COCCn1c(Cc2cc(F)c(-c3cccc(OCc4ccc(OC(F)(F)F)cc4)n3)cc2F)nc2ccc(C(=O)O)cc21. The molecular formula is C31H24F5N3O5. The average Bonchev–Trinajstić information content (AvgIpc) is 3.32. The third-order valence-corrected chi connectivity index (χ3v) is 6.62. The number of aromatic carboxylic acids is 1. The lowest BCUT2D eigenvalue weighted by atomic mass is 10.0. The van der Waals surface area contributed by atoms with Crippen molar-refractivity contribution in [3.63, 3.8) is 0 Å². The molecule has 0 aliphatic rings. The quantitative estimate of drug-likeness (QED) is 0.164. The third-order valence-electron chi connectivity index (χ3n) is 6.62. The van der Waals surface area contributed by atoms with Crippen molar-refractivity contribution >= 4 is 17.0 Å². The van der Waals surface area contributed by atoms with E-state index in [0.29, 0.717) is 29.0 Å². The zero-order valence-corrected chi connectivity index (χ0v) is 23.1. The number of fused-ring (bicyclic) bond motifs is 1. The summed E-state index contributed by atoms with van der Waals surface area (Å²) >= 11 is 0. The molecule has 228 valence electrons. The molecule has 0 amide bonds. The Morgan fingerprint density at radius 3 is 2.43 bits per heavy atom. The summed E-state index contributed by atoms with van der Waals surface area (Å²) in [7, 11) is 1.51. The van der Waals surface area contributed by atoms with E-state index in [4.69, 9.17) is 9.47 Å². The number of carbonyl (C=O) groups is 1. The normalized spacial score (nSPS) is 11.6. The minimum Gasteiger partial charge on any atom is -0.478 e. The molecule has 5 rings (SSSR count). The molecule has 0 fully saturated rings. The number of imidazole rings is 1. The molecule has 5 aromatic rings. The lowest BCUT2D eigenvalue weighted by Crippen LogP contribution is -2.17. The third kappa shape index (κ3) is 7.11. The number of benzene rings is 3. The Bertz CT molecular complexity index is 1810. The van der Waals surface area contributed by atoms with Crippen LogP contribution < -0.4 is 9.47 Å². The minimum atomic E-state index is -4.80. The molecule has 2 heterocycles. The van der Waals surface area contributed by atoms with Crippen LogP contribution in [0.1, 0.15) is 27.3 Å². The number of hydrogen-bond donors (Lipinski definition) is 1. The van der Waals surface area contributed by atoms with E-state index in [2.05, 4.69) is 14.7 Å². The van der Waals surface area contributed by atoms with Gasteiger partial charge in [-0.15, -0.1) is 13.2 Å². The molecule has 0 bridgehead atoms. The Hall–Kier alpha value is -5.04. The molecule has 13 heteroatoms. The summed E-state index contributed by atoms with van der Waals surface area (Å²) in [5, 5.41) is 9.39. The molecule has 2 aromatic heterocycles. The number of alkyl halides is 3. The standard InChI is InChI=1S/C31H24F5N3O5/c1-42-12-11-39-27-14-19(30(40)41)7-10-26(27)37-28(39)15-20-13-24(33)22(16-23(20)32)25-3-2-4-29(38-25)43-17-18-5-8-21(9-6-18)44-31(34,35)36/h2-10,13-14,16H,11-12,15,17H2,1H3,(H,40,41). The fourth-order valence-electron chi connectivity index (χ4n) is 4.55. The second kappa shape index (κ2) is 12.7. The summed E-state index contributed by atoms with van der Waals surface area (Å²) in [6.07, 6.45) is -4.88. The van der Waals surface area contributed by atoms with Gasteiger partial charge in [-0.3, -0.25) is 0 Å². The van der Waals surface area contributed by atoms with E-state index < -0.39 is 24.0 Å². The second-order valence-corrected chi connectivity index (χ2v) is 9.62. The van der Waals surface area contributed by atoms with E-state index in [1.807, 2.05) is 0 Å². The number of carboxylic acids is 1. The number of rotatable bonds is 11. The first-order chi connectivity index (χ1) is 21.0. The Kier molecular flexibility index (Phi) is 8.76. The zero-order chi connectivity index (χ0) is 31.4. The summed E-state index contributed by atoms with van der Waals surface area (Å²) in [4.78, 5) is 20.3. The largest absolute Gasteiger partial charge is 0.573 e. The first-order valence-electron chi connectivity index (χ1n) is 13.1. The second-order valence-electron chi connectivity index (χ2n) is 9.62. The van der Waals surface area contributed by atoms with Crippen LogP contribution in [-0.4, -0.2) is 45.7 Å². The molecular weight excluding hydrogens is 589 g/mol. The fraction of sp³-hybridized carbons (Fsp3) is 0.194. The van der Waals surface area contributed by atoms with Gasteiger partial charge in [-0.05, 0) is 59.7 Å². The summed E-state index contributed by atoms with van der Waals surface area (Å²) in [5.74, 6) is -2.42. The Labute approximate surface area is 247 Å². The maximum atomic E-state index is 15.4. The van der Waals surface area contributed by atoms with Gasteiger partial charge in [-0.25, -0.2) is 23.5 Å². The topological polar surface area (TPSA) is 95.7 Å². The van der Waals surface area contributed by atoms with E-state index in [1.54, 1.807) is 16.7 Å². The van der Waals surface area contributed by atoms with Crippen LogP contribution >= 0.6 is 0 Å². The number of ether oxygens (including phenoxy) is 3. The molecule has 3 aromatic carbocycles. The van der Waals surface area contributed by atoms with Crippen molar-refractivity contribution in [3.05, 3.63) is 107 Å². The molecule has 1 N–H and O–H groups in total. The summed E-state index contributed by atoms with van der Waals surface area (Å²) in [6, 6.07) is 16.2. The number of pyridine rings is 1. The highest BCUT2D eigenvalue weighted by molar-refractivity contribution is 5.92. The number of carboxylic acid groups (broad SMARTS) is 1. The number of nitrogens with zero attached hydrogens (tertiary/aromatic N) is 3. The minimum absolute atomic E-state index is 0.0315. The summed E-state index contributed by atoms with van der Waals surface area (Å²) < 4.78 is 84.2. The lowest BCUT2D eigenvalue weighted by Gasteiger charge is -2.12. The van der Waals surface area contributed by atoms with Gasteiger partial charge in [0.2, 0.25) is 5.88 Å². The lowest BCUT2D eigenvalue weighted by molar-refractivity contribution is -0.274. The van der Waals surface area contributed by atoms with Crippen molar-refractivity contribution in [2.75, 3.05) is 13.7 Å². The van der Waals surface area contributed by atoms with Crippen LogP contribution in [0.5, 0.6) is 11.6 Å². The van der Waals surface area contributed by atoms with Crippen molar-refractivity contribution < 1.29 is 46.1 Å². The molecule has 0 saturated heterocycles.